The lowest BCUT2D eigenvalue weighted by atomic mass is 9.77. The van der Waals surface area contributed by atoms with Crippen LogP contribution in [0, 0.1) is 22.7 Å². The Labute approximate surface area is 126 Å². The molecule has 3 unspecified atom stereocenters. The standard InChI is InChI=1S/C19H21NO/c1-2-14-10-11-19(12-14,13-20)18(21)17-9-5-7-15-6-3-4-8-16(15)17/h3-9,14,18,21H,2,10-12H2,1H3. The molecule has 2 aromatic rings. The largest absolute Gasteiger partial charge is 0.387 e. The van der Waals surface area contributed by atoms with Crippen LogP contribution >= 0.6 is 0 Å². The Morgan fingerprint density at radius 1 is 1.29 bits per heavy atom. The van der Waals surface area contributed by atoms with E-state index in [9.17, 15) is 10.4 Å². The molecule has 2 heteroatoms. The van der Waals surface area contributed by atoms with E-state index in [0.29, 0.717) is 5.92 Å². The monoisotopic (exact) mass is 279 g/mol. The van der Waals surface area contributed by atoms with Gasteiger partial charge in [-0.05, 0) is 41.5 Å². The predicted molar refractivity (Wildman–Crippen MR) is 84.6 cm³/mol. The fourth-order valence-corrected chi connectivity index (χ4v) is 3.73. The summed E-state index contributed by atoms with van der Waals surface area (Å²) in [6.07, 6.45) is 3.04. The van der Waals surface area contributed by atoms with Gasteiger partial charge >= 0.3 is 0 Å². The minimum absolute atomic E-state index is 0.564. The van der Waals surface area contributed by atoms with E-state index in [1.165, 1.54) is 0 Å². The predicted octanol–water partition coefficient (Wildman–Crippen LogP) is 4.59. The van der Waals surface area contributed by atoms with E-state index in [2.05, 4.69) is 13.0 Å². The molecule has 0 aliphatic heterocycles. The second-order valence-electron chi connectivity index (χ2n) is 6.26. The van der Waals surface area contributed by atoms with Crippen molar-refractivity contribution in [2.24, 2.45) is 11.3 Å². The molecule has 108 valence electrons. The lowest BCUT2D eigenvalue weighted by molar-refractivity contribution is 0.0653. The third kappa shape index (κ3) is 2.32. The number of aliphatic hydroxyl groups is 1. The number of hydrogen-bond acceptors (Lipinski definition) is 2. The second kappa shape index (κ2) is 5.50. The first-order valence-electron chi connectivity index (χ1n) is 7.77. The van der Waals surface area contributed by atoms with Gasteiger partial charge in [-0.25, -0.2) is 0 Å². The SMILES string of the molecule is CCC1CCC(C#N)(C(O)c2cccc3ccccc23)C1. The van der Waals surface area contributed by atoms with Crippen LogP contribution in [0.1, 0.15) is 44.3 Å². The number of rotatable bonds is 3. The average molecular weight is 279 g/mol. The Bertz CT molecular complexity index is 682. The van der Waals surface area contributed by atoms with Crippen LogP contribution in [0.15, 0.2) is 42.5 Å². The molecule has 1 N–H and O–H groups in total. The summed E-state index contributed by atoms with van der Waals surface area (Å²) in [5.41, 5.74) is 0.275. The molecule has 1 saturated carbocycles. The summed E-state index contributed by atoms with van der Waals surface area (Å²) in [5, 5.41) is 22.9. The van der Waals surface area contributed by atoms with Gasteiger partial charge in [-0.2, -0.15) is 5.26 Å². The zero-order valence-corrected chi connectivity index (χ0v) is 12.4. The maximum absolute atomic E-state index is 11.0. The van der Waals surface area contributed by atoms with Gasteiger partial charge in [0.1, 0.15) is 0 Å². The number of nitriles is 1. The minimum atomic E-state index is -0.704. The van der Waals surface area contributed by atoms with Gasteiger partial charge in [0.25, 0.3) is 0 Å². The van der Waals surface area contributed by atoms with Crippen molar-refractivity contribution in [3.05, 3.63) is 48.0 Å². The highest BCUT2D eigenvalue weighted by atomic mass is 16.3. The molecule has 3 atom stereocenters. The van der Waals surface area contributed by atoms with Crippen LogP contribution in [-0.2, 0) is 0 Å². The summed E-state index contributed by atoms with van der Waals surface area (Å²) in [4.78, 5) is 0. The first-order valence-corrected chi connectivity index (χ1v) is 7.77. The van der Waals surface area contributed by atoms with Gasteiger partial charge in [-0.1, -0.05) is 55.8 Å². The van der Waals surface area contributed by atoms with Gasteiger partial charge in [0.15, 0.2) is 0 Å². The molecule has 1 aliphatic rings. The lowest BCUT2D eigenvalue weighted by Gasteiger charge is -2.28. The molecule has 0 aromatic heterocycles. The minimum Gasteiger partial charge on any atom is -0.387 e. The van der Waals surface area contributed by atoms with E-state index >= 15 is 0 Å². The van der Waals surface area contributed by atoms with Crippen molar-refractivity contribution < 1.29 is 5.11 Å². The van der Waals surface area contributed by atoms with Crippen LogP contribution in [0.2, 0.25) is 0 Å². The molecule has 0 amide bonds. The van der Waals surface area contributed by atoms with Crippen molar-refractivity contribution in [3.8, 4) is 6.07 Å². The molecular formula is C19H21NO. The van der Waals surface area contributed by atoms with Gasteiger partial charge < -0.3 is 5.11 Å². The molecule has 21 heavy (non-hydrogen) atoms. The zero-order valence-electron chi connectivity index (χ0n) is 12.4. The molecule has 3 rings (SSSR count). The average Bonchev–Trinajstić information content (AvgIpc) is 2.98. The summed E-state index contributed by atoms with van der Waals surface area (Å²) in [6.45, 7) is 2.17. The molecule has 2 aromatic carbocycles. The van der Waals surface area contributed by atoms with Crippen molar-refractivity contribution in [2.45, 2.75) is 38.7 Å². The smallest absolute Gasteiger partial charge is 0.0982 e. The molecule has 1 aliphatic carbocycles. The molecule has 0 bridgehead atoms. The van der Waals surface area contributed by atoms with Crippen molar-refractivity contribution in [1.82, 2.24) is 0 Å². The summed E-state index contributed by atoms with van der Waals surface area (Å²) in [6, 6.07) is 16.5. The number of fused-ring (bicyclic) bond motifs is 1. The second-order valence-corrected chi connectivity index (χ2v) is 6.26. The summed E-state index contributed by atoms with van der Waals surface area (Å²) >= 11 is 0. The van der Waals surface area contributed by atoms with Crippen molar-refractivity contribution >= 4 is 10.8 Å². The molecule has 0 heterocycles. The Morgan fingerprint density at radius 3 is 2.76 bits per heavy atom. The molecule has 0 radical (unpaired) electrons. The van der Waals surface area contributed by atoms with Gasteiger partial charge in [-0.3, -0.25) is 0 Å². The van der Waals surface area contributed by atoms with Crippen LogP contribution in [0.4, 0.5) is 0 Å². The number of hydrogen-bond donors (Lipinski definition) is 1. The molecular weight excluding hydrogens is 258 g/mol. The Kier molecular flexibility index (Phi) is 3.69. The van der Waals surface area contributed by atoms with Crippen LogP contribution in [-0.4, -0.2) is 5.11 Å². The van der Waals surface area contributed by atoms with Crippen LogP contribution in [0.5, 0.6) is 0 Å². The van der Waals surface area contributed by atoms with Gasteiger partial charge in [0.2, 0.25) is 0 Å². The van der Waals surface area contributed by atoms with Crippen LogP contribution in [0.25, 0.3) is 10.8 Å². The third-order valence-corrected chi connectivity index (χ3v) is 5.09. The normalized spacial score (nSPS) is 26.6. The van der Waals surface area contributed by atoms with E-state index in [1.807, 2.05) is 42.5 Å². The summed E-state index contributed by atoms with van der Waals surface area (Å²) < 4.78 is 0. The topological polar surface area (TPSA) is 44.0 Å². The third-order valence-electron chi connectivity index (χ3n) is 5.09. The van der Waals surface area contributed by atoms with E-state index in [1.54, 1.807) is 0 Å². The Balaban J connectivity index is 2.04. The van der Waals surface area contributed by atoms with E-state index in [0.717, 1.165) is 42.0 Å². The van der Waals surface area contributed by atoms with E-state index in [4.69, 9.17) is 0 Å². The highest BCUT2D eigenvalue weighted by Crippen LogP contribution is 2.51. The number of nitrogens with zero attached hydrogens (tertiary/aromatic N) is 1. The molecule has 0 saturated heterocycles. The number of benzene rings is 2. The first-order chi connectivity index (χ1) is 10.2. The maximum atomic E-state index is 11.0. The van der Waals surface area contributed by atoms with E-state index < -0.39 is 11.5 Å². The molecule has 2 nitrogen and oxygen atoms in total. The van der Waals surface area contributed by atoms with Gasteiger partial charge in [0.05, 0.1) is 17.6 Å². The summed E-state index contributed by atoms with van der Waals surface area (Å²) in [5.74, 6) is 0.564. The quantitative estimate of drug-likeness (QED) is 0.892. The number of aliphatic hydroxyl groups excluding tert-OH is 1. The highest BCUT2D eigenvalue weighted by molar-refractivity contribution is 5.86. The van der Waals surface area contributed by atoms with Crippen molar-refractivity contribution in [2.75, 3.05) is 0 Å². The molecule has 1 fully saturated rings. The zero-order chi connectivity index (χ0) is 14.9. The lowest BCUT2D eigenvalue weighted by Crippen LogP contribution is -2.24. The van der Waals surface area contributed by atoms with Crippen molar-refractivity contribution in [1.29, 1.82) is 5.26 Å². The van der Waals surface area contributed by atoms with Crippen LogP contribution < -0.4 is 0 Å². The highest BCUT2D eigenvalue weighted by Gasteiger charge is 2.45. The van der Waals surface area contributed by atoms with E-state index in [-0.39, 0.29) is 0 Å². The van der Waals surface area contributed by atoms with Crippen LogP contribution in [0.3, 0.4) is 0 Å². The van der Waals surface area contributed by atoms with Gasteiger partial charge in [0, 0.05) is 0 Å². The molecule has 0 spiro atoms. The Hall–Kier alpha value is -1.85. The fraction of sp³-hybridized carbons (Fsp3) is 0.421. The fourth-order valence-electron chi connectivity index (χ4n) is 3.73. The Morgan fingerprint density at radius 2 is 2.05 bits per heavy atom. The van der Waals surface area contributed by atoms with Gasteiger partial charge in [-0.15, -0.1) is 0 Å². The first kappa shape index (κ1) is 14.1. The maximum Gasteiger partial charge on any atom is 0.0982 e. The summed E-state index contributed by atoms with van der Waals surface area (Å²) in [7, 11) is 0. The van der Waals surface area contributed by atoms with Crippen molar-refractivity contribution in [3.63, 3.8) is 0 Å².